The van der Waals surface area contributed by atoms with E-state index in [1.807, 2.05) is 0 Å². The maximum absolute atomic E-state index is 9.25. The van der Waals surface area contributed by atoms with Crippen molar-refractivity contribution in [2.75, 3.05) is 13.2 Å². The molecule has 2 heteroatoms. The fourth-order valence-electron chi connectivity index (χ4n) is 1.19. The van der Waals surface area contributed by atoms with E-state index in [0.717, 1.165) is 6.54 Å². The minimum Gasteiger partial charge on any atom is -0.394 e. The van der Waals surface area contributed by atoms with Crippen LogP contribution in [0, 0.1) is 5.92 Å². The van der Waals surface area contributed by atoms with Gasteiger partial charge in [-0.15, -0.1) is 0 Å². The molecule has 0 saturated carbocycles. The van der Waals surface area contributed by atoms with Gasteiger partial charge in [-0.3, -0.25) is 0 Å². The first-order valence-electron chi connectivity index (χ1n) is 5.42. The third-order valence-electron chi connectivity index (χ3n) is 2.91. The van der Waals surface area contributed by atoms with E-state index in [0.29, 0.717) is 5.92 Å². The van der Waals surface area contributed by atoms with Crippen LogP contribution in [0.5, 0.6) is 0 Å². The van der Waals surface area contributed by atoms with Crippen molar-refractivity contribution in [3.63, 3.8) is 0 Å². The van der Waals surface area contributed by atoms with E-state index in [9.17, 15) is 5.11 Å². The summed E-state index contributed by atoms with van der Waals surface area (Å²) in [6.45, 7) is 9.81. The largest absolute Gasteiger partial charge is 0.394 e. The Morgan fingerprint density at radius 2 is 1.92 bits per heavy atom. The molecule has 2 N–H and O–H groups in total. The van der Waals surface area contributed by atoms with Gasteiger partial charge in [-0.2, -0.15) is 0 Å². The molecular formula is C11H25NO. The van der Waals surface area contributed by atoms with Gasteiger partial charge in [0.15, 0.2) is 0 Å². The predicted molar refractivity (Wildman–Crippen MR) is 57.9 cm³/mol. The highest BCUT2D eigenvalue weighted by Gasteiger charge is 2.25. The second kappa shape index (κ2) is 6.39. The number of hydrogen-bond acceptors (Lipinski definition) is 2. The van der Waals surface area contributed by atoms with Crippen LogP contribution in [0.1, 0.15) is 47.0 Å². The first-order valence-corrected chi connectivity index (χ1v) is 5.42. The van der Waals surface area contributed by atoms with E-state index < -0.39 is 0 Å². The number of unbranched alkanes of at least 4 members (excludes halogenated alkanes) is 2. The van der Waals surface area contributed by atoms with Crippen molar-refractivity contribution in [3.8, 4) is 0 Å². The molecule has 0 aliphatic heterocycles. The van der Waals surface area contributed by atoms with Crippen LogP contribution in [0.3, 0.4) is 0 Å². The van der Waals surface area contributed by atoms with E-state index in [1.165, 1.54) is 19.3 Å². The Morgan fingerprint density at radius 1 is 1.31 bits per heavy atom. The third-order valence-corrected chi connectivity index (χ3v) is 2.91. The third kappa shape index (κ3) is 4.63. The quantitative estimate of drug-likeness (QED) is 0.599. The molecule has 80 valence electrons. The van der Waals surface area contributed by atoms with Crippen molar-refractivity contribution in [1.82, 2.24) is 5.32 Å². The van der Waals surface area contributed by atoms with Crippen molar-refractivity contribution >= 4 is 0 Å². The molecule has 0 bridgehead atoms. The van der Waals surface area contributed by atoms with Crippen LogP contribution in [0.4, 0.5) is 0 Å². The zero-order valence-corrected chi connectivity index (χ0v) is 9.56. The Bertz CT molecular complexity index is 125. The lowest BCUT2D eigenvalue weighted by atomic mass is 9.89. The highest BCUT2D eigenvalue weighted by Crippen LogP contribution is 2.15. The maximum atomic E-state index is 9.25. The van der Waals surface area contributed by atoms with Gasteiger partial charge in [-0.1, -0.05) is 33.6 Å². The van der Waals surface area contributed by atoms with Crippen molar-refractivity contribution in [2.24, 2.45) is 5.92 Å². The Balaban J connectivity index is 3.71. The molecule has 0 aromatic heterocycles. The maximum Gasteiger partial charge on any atom is 0.0613 e. The number of aliphatic hydroxyl groups excluding tert-OH is 1. The summed E-state index contributed by atoms with van der Waals surface area (Å²) in [6.07, 6.45) is 3.73. The molecule has 0 rings (SSSR count). The summed E-state index contributed by atoms with van der Waals surface area (Å²) >= 11 is 0. The minimum atomic E-state index is -0.103. The summed E-state index contributed by atoms with van der Waals surface area (Å²) in [5.74, 6) is 0.471. The lowest BCUT2D eigenvalue weighted by molar-refractivity contribution is 0.133. The van der Waals surface area contributed by atoms with Gasteiger partial charge in [0.2, 0.25) is 0 Å². The first-order chi connectivity index (χ1) is 6.06. The van der Waals surface area contributed by atoms with Crippen molar-refractivity contribution in [2.45, 2.75) is 52.5 Å². The number of aliphatic hydroxyl groups is 1. The summed E-state index contributed by atoms with van der Waals surface area (Å²) < 4.78 is 0. The first kappa shape index (κ1) is 12.9. The Morgan fingerprint density at radius 3 is 2.31 bits per heavy atom. The second-order valence-electron chi connectivity index (χ2n) is 4.36. The van der Waals surface area contributed by atoms with Gasteiger partial charge < -0.3 is 10.4 Å². The minimum absolute atomic E-state index is 0.103. The topological polar surface area (TPSA) is 32.3 Å². The van der Waals surface area contributed by atoms with Gasteiger partial charge in [0.05, 0.1) is 6.61 Å². The van der Waals surface area contributed by atoms with Gasteiger partial charge in [0, 0.05) is 5.54 Å². The fraction of sp³-hybridized carbons (Fsp3) is 1.00. The number of rotatable bonds is 7. The van der Waals surface area contributed by atoms with Gasteiger partial charge in [-0.25, -0.2) is 0 Å². The molecule has 1 unspecified atom stereocenters. The summed E-state index contributed by atoms with van der Waals surface area (Å²) in [6, 6.07) is 0. The highest BCUT2D eigenvalue weighted by atomic mass is 16.3. The monoisotopic (exact) mass is 187 g/mol. The average Bonchev–Trinajstić information content (AvgIpc) is 2.12. The van der Waals surface area contributed by atoms with Crippen LogP contribution >= 0.6 is 0 Å². The normalized spacial score (nSPS) is 16.2. The van der Waals surface area contributed by atoms with Crippen LogP contribution in [0.15, 0.2) is 0 Å². The molecular weight excluding hydrogens is 162 g/mol. The Kier molecular flexibility index (Phi) is 6.35. The van der Waals surface area contributed by atoms with Gasteiger partial charge in [-0.05, 0) is 25.8 Å². The van der Waals surface area contributed by atoms with Crippen LogP contribution < -0.4 is 5.32 Å². The highest BCUT2D eigenvalue weighted by molar-refractivity contribution is 4.85. The smallest absolute Gasteiger partial charge is 0.0613 e. The van der Waals surface area contributed by atoms with Crippen LogP contribution in [-0.4, -0.2) is 23.8 Å². The van der Waals surface area contributed by atoms with E-state index in [1.54, 1.807) is 0 Å². The van der Waals surface area contributed by atoms with Crippen molar-refractivity contribution < 1.29 is 5.11 Å². The Labute approximate surface area is 82.7 Å². The van der Waals surface area contributed by atoms with E-state index >= 15 is 0 Å². The summed E-state index contributed by atoms with van der Waals surface area (Å²) in [5.41, 5.74) is -0.103. The van der Waals surface area contributed by atoms with E-state index in [-0.39, 0.29) is 12.1 Å². The summed E-state index contributed by atoms with van der Waals surface area (Å²) in [5, 5.41) is 12.7. The molecule has 0 radical (unpaired) electrons. The summed E-state index contributed by atoms with van der Waals surface area (Å²) in [4.78, 5) is 0. The van der Waals surface area contributed by atoms with E-state index in [4.69, 9.17) is 0 Å². The van der Waals surface area contributed by atoms with Gasteiger partial charge >= 0.3 is 0 Å². The Hall–Kier alpha value is -0.0800. The molecule has 2 nitrogen and oxygen atoms in total. The SMILES string of the molecule is CCCCCNC(C)(CO)C(C)C. The molecule has 0 aliphatic rings. The molecule has 1 atom stereocenters. The number of nitrogens with one attached hydrogen (secondary N) is 1. The number of hydrogen-bond donors (Lipinski definition) is 2. The molecule has 0 aromatic rings. The van der Waals surface area contributed by atoms with Crippen molar-refractivity contribution in [1.29, 1.82) is 0 Å². The van der Waals surface area contributed by atoms with Crippen LogP contribution in [0.25, 0.3) is 0 Å². The van der Waals surface area contributed by atoms with Gasteiger partial charge in [0.1, 0.15) is 0 Å². The van der Waals surface area contributed by atoms with E-state index in [2.05, 4.69) is 33.0 Å². The zero-order chi connectivity index (χ0) is 10.3. The average molecular weight is 187 g/mol. The predicted octanol–water partition coefficient (Wildman–Crippen LogP) is 2.17. The molecule has 0 saturated heterocycles. The van der Waals surface area contributed by atoms with Crippen molar-refractivity contribution in [3.05, 3.63) is 0 Å². The standard InChI is InChI=1S/C11H25NO/c1-5-6-7-8-12-11(4,9-13)10(2)3/h10,12-13H,5-9H2,1-4H3. The second-order valence-corrected chi connectivity index (χ2v) is 4.36. The molecule has 13 heavy (non-hydrogen) atoms. The molecule has 0 fully saturated rings. The lowest BCUT2D eigenvalue weighted by Crippen LogP contribution is -2.50. The lowest BCUT2D eigenvalue weighted by Gasteiger charge is -2.33. The molecule has 0 heterocycles. The van der Waals surface area contributed by atoms with Gasteiger partial charge in [0.25, 0.3) is 0 Å². The molecule has 0 aromatic carbocycles. The summed E-state index contributed by atoms with van der Waals surface area (Å²) in [7, 11) is 0. The molecule has 0 amide bonds. The molecule has 0 spiro atoms. The van der Waals surface area contributed by atoms with Crippen LogP contribution in [-0.2, 0) is 0 Å². The molecule has 0 aliphatic carbocycles. The van der Waals surface area contributed by atoms with Crippen LogP contribution in [0.2, 0.25) is 0 Å². The zero-order valence-electron chi connectivity index (χ0n) is 9.56. The fourth-order valence-corrected chi connectivity index (χ4v) is 1.19.